The Kier molecular flexibility index (Phi) is 4.57. The fourth-order valence-corrected chi connectivity index (χ4v) is 1.64. The third-order valence-electron chi connectivity index (χ3n) is 2.69. The van der Waals surface area contributed by atoms with Crippen molar-refractivity contribution in [3.05, 3.63) is 47.5 Å². The van der Waals surface area contributed by atoms with Gasteiger partial charge in [-0.05, 0) is 24.6 Å². The first-order valence-electron chi connectivity index (χ1n) is 5.41. The standard InChI is InChI=1S/C12H16F2N4O/c1-8(2)12(19,6-18(16)17-7-15)10-4-3-9(13)5-11(10)14/h3-5,7,19H,1,6,16H2,2H3,(H2,15,17). The van der Waals surface area contributed by atoms with E-state index in [9.17, 15) is 13.9 Å². The summed E-state index contributed by atoms with van der Waals surface area (Å²) in [5, 5.41) is 14.9. The maximum absolute atomic E-state index is 13.8. The van der Waals surface area contributed by atoms with Crippen LogP contribution in [0.3, 0.4) is 0 Å². The number of hydrogen-bond donors (Lipinski definition) is 3. The second kappa shape index (κ2) is 5.77. The normalized spacial score (nSPS) is 14.4. The Bertz CT molecular complexity index is 507. The zero-order chi connectivity index (χ0) is 14.6. The van der Waals surface area contributed by atoms with E-state index in [2.05, 4.69) is 11.7 Å². The number of benzene rings is 1. The molecule has 0 spiro atoms. The van der Waals surface area contributed by atoms with Crippen LogP contribution in [-0.4, -0.2) is 23.1 Å². The molecule has 0 saturated carbocycles. The first kappa shape index (κ1) is 15.1. The number of halogens is 2. The zero-order valence-electron chi connectivity index (χ0n) is 10.5. The Morgan fingerprint density at radius 3 is 2.68 bits per heavy atom. The second-order valence-electron chi connectivity index (χ2n) is 4.13. The fraction of sp³-hybridized carbons (Fsp3) is 0.250. The lowest BCUT2D eigenvalue weighted by molar-refractivity contribution is 0.0301. The predicted octanol–water partition coefficient (Wildman–Crippen LogP) is 0.806. The zero-order valence-corrected chi connectivity index (χ0v) is 10.5. The Balaban J connectivity index is 3.22. The van der Waals surface area contributed by atoms with Crippen LogP contribution in [0.1, 0.15) is 12.5 Å². The molecule has 0 radical (unpaired) electrons. The number of nitrogens with zero attached hydrogens (tertiary/aromatic N) is 2. The van der Waals surface area contributed by atoms with Crippen molar-refractivity contribution in [2.24, 2.45) is 16.7 Å². The van der Waals surface area contributed by atoms with E-state index in [0.717, 1.165) is 23.6 Å². The first-order chi connectivity index (χ1) is 8.81. The van der Waals surface area contributed by atoms with Crippen molar-refractivity contribution in [2.75, 3.05) is 6.54 Å². The molecule has 104 valence electrons. The van der Waals surface area contributed by atoms with Gasteiger partial charge in [-0.1, -0.05) is 6.58 Å². The average molecular weight is 270 g/mol. The Hall–Kier alpha value is -1.99. The van der Waals surface area contributed by atoms with Gasteiger partial charge in [0, 0.05) is 11.6 Å². The van der Waals surface area contributed by atoms with E-state index in [1.54, 1.807) is 0 Å². The minimum Gasteiger partial charge on any atom is -0.388 e. The van der Waals surface area contributed by atoms with Crippen LogP contribution in [0.25, 0.3) is 0 Å². The lowest BCUT2D eigenvalue weighted by Gasteiger charge is -2.32. The van der Waals surface area contributed by atoms with Crippen LogP contribution >= 0.6 is 0 Å². The van der Waals surface area contributed by atoms with Gasteiger partial charge in [0.2, 0.25) is 0 Å². The van der Waals surface area contributed by atoms with Crippen molar-refractivity contribution in [3.63, 3.8) is 0 Å². The molecule has 1 aromatic carbocycles. The molecule has 1 atom stereocenters. The molecule has 1 aromatic rings. The van der Waals surface area contributed by atoms with Gasteiger partial charge in [0.1, 0.15) is 23.6 Å². The first-order valence-corrected chi connectivity index (χ1v) is 5.41. The van der Waals surface area contributed by atoms with Crippen LogP contribution in [0.2, 0.25) is 0 Å². The van der Waals surface area contributed by atoms with Crippen LogP contribution in [0.5, 0.6) is 0 Å². The summed E-state index contributed by atoms with van der Waals surface area (Å²) < 4.78 is 26.7. The Morgan fingerprint density at radius 2 is 2.21 bits per heavy atom. The lowest BCUT2D eigenvalue weighted by Crippen LogP contribution is -2.43. The van der Waals surface area contributed by atoms with Gasteiger partial charge >= 0.3 is 0 Å². The SMILES string of the molecule is C=C(C)C(O)(CN(N)/N=C\N)c1ccc(F)cc1F. The highest BCUT2D eigenvalue weighted by molar-refractivity contribution is 5.50. The van der Waals surface area contributed by atoms with Crippen molar-refractivity contribution in [3.8, 4) is 0 Å². The third-order valence-corrected chi connectivity index (χ3v) is 2.69. The summed E-state index contributed by atoms with van der Waals surface area (Å²) in [6, 6.07) is 2.86. The van der Waals surface area contributed by atoms with Gasteiger partial charge in [0.15, 0.2) is 0 Å². The molecule has 0 aliphatic heterocycles. The van der Waals surface area contributed by atoms with Crippen molar-refractivity contribution in [1.82, 2.24) is 5.12 Å². The third kappa shape index (κ3) is 3.27. The fourth-order valence-electron chi connectivity index (χ4n) is 1.64. The van der Waals surface area contributed by atoms with E-state index in [0.29, 0.717) is 6.07 Å². The summed E-state index contributed by atoms with van der Waals surface area (Å²) in [6.45, 7) is 4.83. The summed E-state index contributed by atoms with van der Waals surface area (Å²) in [7, 11) is 0. The van der Waals surface area contributed by atoms with Gasteiger partial charge in [0.05, 0.1) is 6.54 Å². The molecule has 0 aliphatic rings. The highest BCUT2D eigenvalue weighted by Crippen LogP contribution is 2.31. The minimum absolute atomic E-state index is 0.135. The summed E-state index contributed by atoms with van der Waals surface area (Å²) >= 11 is 0. The molecule has 0 bridgehead atoms. The number of hydrazine groups is 1. The van der Waals surface area contributed by atoms with Gasteiger partial charge in [-0.3, -0.25) is 0 Å². The monoisotopic (exact) mass is 270 g/mol. The summed E-state index contributed by atoms with van der Waals surface area (Å²) in [4.78, 5) is 0. The van der Waals surface area contributed by atoms with E-state index in [-0.39, 0.29) is 17.7 Å². The van der Waals surface area contributed by atoms with E-state index in [1.165, 1.54) is 6.92 Å². The molecule has 5 N–H and O–H groups in total. The van der Waals surface area contributed by atoms with Crippen LogP contribution < -0.4 is 11.6 Å². The Morgan fingerprint density at radius 1 is 1.58 bits per heavy atom. The van der Waals surface area contributed by atoms with Crippen LogP contribution in [-0.2, 0) is 5.60 Å². The van der Waals surface area contributed by atoms with Crippen molar-refractivity contribution >= 4 is 6.34 Å². The van der Waals surface area contributed by atoms with Gasteiger partial charge in [0.25, 0.3) is 0 Å². The maximum Gasteiger partial charge on any atom is 0.134 e. The highest BCUT2D eigenvalue weighted by Gasteiger charge is 2.35. The topological polar surface area (TPSA) is 87.9 Å². The smallest absolute Gasteiger partial charge is 0.134 e. The summed E-state index contributed by atoms with van der Waals surface area (Å²) in [5.74, 6) is 3.85. The average Bonchev–Trinajstić information content (AvgIpc) is 2.28. The molecule has 19 heavy (non-hydrogen) atoms. The van der Waals surface area contributed by atoms with Gasteiger partial charge in [-0.2, -0.15) is 5.10 Å². The molecule has 5 nitrogen and oxygen atoms in total. The molecule has 0 aliphatic carbocycles. The molecule has 7 heteroatoms. The Labute approximate surface area is 109 Å². The van der Waals surface area contributed by atoms with E-state index >= 15 is 0 Å². The number of hydrogen-bond acceptors (Lipinski definition) is 4. The molecule has 0 saturated heterocycles. The molecule has 0 heterocycles. The van der Waals surface area contributed by atoms with E-state index < -0.39 is 17.2 Å². The van der Waals surface area contributed by atoms with Gasteiger partial charge in [-0.25, -0.2) is 19.7 Å². The van der Waals surface area contributed by atoms with Crippen LogP contribution in [0.4, 0.5) is 8.78 Å². The quantitative estimate of drug-likeness (QED) is 0.243. The largest absolute Gasteiger partial charge is 0.388 e. The number of rotatable bonds is 5. The molecule has 1 rings (SSSR count). The number of nitrogens with two attached hydrogens (primary N) is 2. The maximum atomic E-state index is 13.8. The van der Waals surface area contributed by atoms with E-state index in [1.807, 2.05) is 0 Å². The summed E-state index contributed by atoms with van der Waals surface area (Å²) in [6.07, 6.45) is 0.930. The number of hydrazone groups is 1. The second-order valence-corrected chi connectivity index (χ2v) is 4.13. The van der Waals surface area contributed by atoms with Crippen LogP contribution in [0.15, 0.2) is 35.5 Å². The van der Waals surface area contributed by atoms with Crippen molar-refractivity contribution in [2.45, 2.75) is 12.5 Å². The molecule has 1 unspecified atom stereocenters. The molecular formula is C12H16F2N4O. The molecule has 0 fully saturated rings. The van der Waals surface area contributed by atoms with E-state index in [4.69, 9.17) is 11.6 Å². The number of aliphatic hydroxyl groups is 1. The lowest BCUT2D eigenvalue weighted by atomic mass is 9.87. The van der Waals surface area contributed by atoms with Crippen molar-refractivity contribution in [1.29, 1.82) is 0 Å². The van der Waals surface area contributed by atoms with Crippen molar-refractivity contribution < 1.29 is 13.9 Å². The van der Waals surface area contributed by atoms with Gasteiger partial charge in [-0.15, -0.1) is 0 Å². The summed E-state index contributed by atoms with van der Waals surface area (Å²) in [5.41, 5.74) is 3.37. The predicted molar refractivity (Wildman–Crippen MR) is 68.6 cm³/mol. The van der Waals surface area contributed by atoms with Crippen LogP contribution in [0, 0.1) is 11.6 Å². The highest BCUT2D eigenvalue weighted by atomic mass is 19.1. The molecule has 0 amide bonds. The minimum atomic E-state index is -1.81. The molecule has 0 aromatic heterocycles. The van der Waals surface area contributed by atoms with Gasteiger partial charge < -0.3 is 10.8 Å². The molecular weight excluding hydrogens is 254 g/mol.